The highest BCUT2D eigenvalue weighted by molar-refractivity contribution is 5.82. The summed E-state index contributed by atoms with van der Waals surface area (Å²) >= 11 is 0. The molecule has 1 N–H and O–H groups in total. The fraction of sp³-hybridized carbons (Fsp3) is 0.200. The second kappa shape index (κ2) is 7.01. The highest BCUT2D eigenvalue weighted by atomic mass is 16.5. The first-order valence-electron chi connectivity index (χ1n) is 8.51. The molecular formula is C20H21N5O. The third kappa shape index (κ3) is 3.32. The minimum Gasteiger partial charge on any atom is -0.497 e. The molecule has 2 aromatic heterocycles. The first kappa shape index (κ1) is 16.4. The molecule has 0 aliphatic carbocycles. The fourth-order valence-corrected chi connectivity index (χ4v) is 3.10. The summed E-state index contributed by atoms with van der Waals surface area (Å²) in [5.74, 6) is 0.844. The van der Waals surface area contributed by atoms with E-state index in [1.165, 1.54) is 5.56 Å². The van der Waals surface area contributed by atoms with Gasteiger partial charge in [0.15, 0.2) is 0 Å². The molecule has 2 aromatic carbocycles. The number of nitrogens with one attached hydrogen (secondary N) is 1. The van der Waals surface area contributed by atoms with Crippen LogP contribution >= 0.6 is 0 Å². The van der Waals surface area contributed by atoms with Crippen LogP contribution in [0.15, 0.2) is 60.9 Å². The first-order valence-corrected chi connectivity index (χ1v) is 8.51. The second-order valence-corrected chi connectivity index (χ2v) is 6.37. The van der Waals surface area contributed by atoms with Crippen molar-refractivity contribution in [2.45, 2.75) is 13.1 Å². The van der Waals surface area contributed by atoms with Crippen LogP contribution < -0.4 is 4.74 Å². The Labute approximate surface area is 152 Å². The quantitative estimate of drug-likeness (QED) is 0.581. The van der Waals surface area contributed by atoms with E-state index in [0.29, 0.717) is 0 Å². The molecule has 0 saturated heterocycles. The third-order valence-corrected chi connectivity index (χ3v) is 4.43. The third-order valence-electron chi connectivity index (χ3n) is 4.43. The Kier molecular flexibility index (Phi) is 4.41. The van der Waals surface area contributed by atoms with Crippen molar-refractivity contribution in [2.75, 3.05) is 14.2 Å². The molecule has 132 valence electrons. The summed E-state index contributed by atoms with van der Waals surface area (Å²) in [7, 11) is 3.79. The number of H-pyrrole nitrogens is 1. The van der Waals surface area contributed by atoms with Crippen molar-refractivity contribution >= 4 is 10.9 Å². The number of methoxy groups -OCH3 is 1. The van der Waals surface area contributed by atoms with Crippen LogP contribution in [0.5, 0.6) is 5.75 Å². The van der Waals surface area contributed by atoms with Crippen LogP contribution in [0.4, 0.5) is 0 Å². The van der Waals surface area contributed by atoms with E-state index in [2.05, 4.69) is 51.5 Å². The molecule has 0 radical (unpaired) electrons. The molecule has 0 fully saturated rings. The van der Waals surface area contributed by atoms with Gasteiger partial charge in [-0.3, -0.25) is 10.00 Å². The Morgan fingerprint density at radius 2 is 1.96 bits per heavy atom. The van der Waals surface area contributed by atoms with Crippen LogP contribution in [0.2, 0.25) is 0 Å². The highest BCUT2D eigenvalue weighted by Gasteiger charge is 2.10. The summed E-state index contributed by atoms with van der Waals surface area (Å²) in [4.78, 5) is 2.26. The standard InChI is InChI=1S/C20H21N5O/c1-24(13-15-4-6-16(7-5-15)25-11-3-10-21-25)14-20-18-12-17(26-2)8-9-19(18)22-23-20/h3-12H,13-14H2,1-2H3,(H,22,23). The number of hydrogen-bond donors (Lipinski definition) is 1. The van der Waals surface area contributed by atoms with E-state index >= 15 is 0 Å². The molecule has 2 heterocycles. The number of nitrogens with zero attached hydrogens (tertiary/aromatic N) is 4. The fourth-order valence-electron chi connectivity index (χ4n) is 3.10. The van der Waals surface area contributed by atoms with Gasteiger partial charge in [-0.05, 0) is 49.0 Å². The molecule has 0 bridgehead atoms. The largest absolute Gasteiger partial charge is 0.497 e. The number of benzene rings is 2. The normalized spacial score (nSPS) is 11.3. The number of hydrogen-bond acceptors (Lipinski definition) is 4. The maximum atomic E-state index is 5.33. The summed E-state index contributed by atoms with van der Waals surface area (Å²) in [6.07, 6.45) is 3.73. The molecule has 0 amide bonds. The van der Waals surface area contributed by atoms with Gasteiger partial charge in [0.1, 0.15) is 5.75 Å². The number of fused-ring (bicyclic) bond motifs is 1. The first-order chi connectivity index (χ1) is 12.7. The molecule has 4 rings (SSSR count). The summed E-state index contributed by atoms with van der Waals surface area (Å²) in [6, 6.07) is 16.3. The van der Waals surface area contributed by atoms with Gasteiger partial charge in [-0.25, -0.2) is 4.68 Å². The van der Waals surface area contributed by atoms with Crippen LogP contribution in [0, 0.1) is 0 Å². The molecule has 0 aliphatic rings. The van der Waals surface area contributed by atoms with Crippen molar-refractivity contribution in [1.29, 1.82) is 0 Å². The van der Waals surface area contributed by atoms with Gasteiger partial charge in [0, 0.05) is 30.9 Å². The predicted octanol–water partition coefficient (Wildman–Crippen LogP) is 3.39. The molecule has 0 spiro atoms. The average Bonchev–Trinajstić information content (AvgIpc) is 3.32. The van der Waals surface area contributed by atoms with Crippen LogP contribution in [0.3, 0.4) is 0 Å². The summed E-state index contributed by atoms with van der Waals surface area (Å²) < 4.78 is 7.19. The minimum atomic E-state index is 0.782. The Morgan fingerprint density at radius 3 is 2.69 bits per heavy atom. The molecule has 0 unspecified atom stereocenters. The zero-order chi connectivity index (χ0) is 17.9. The van der Waals surface area contributed by atoms with Gasteiger partial charge in [-0.1, -0.05) is 12.1 Å². The van der Waals surface area contributed by atoms with Gasteiger partial charge in [0.05, 0.1) is 24.0 Å². The molecule has 0 aliphatic heterocycles. The van der Waals surface area contributed by atoms with E-state index < -0.39 is 0 Å². The van der Waals surface area contributed by atoms with Gasteiger partial charge in [-0.2, -0.15) is 10.2 Å². The Balaban J connectivity index is 1.46. The molecule has 4 aromatic rings. The van der Waals surface area contributed by atoms with E-state index in [0.717, 1.165) is 41.1 Å². The van der Waals surface area contributed by atoms with Gasteiger partial charge in [-0.15, -0.1) is 0 Å². The van der Waals surface area contributed by atoms with E-state index in [4.69, 9.17) is 4.74 Å². The molecule has 0 atom stereocenters. The lowest BCUT2D eigenvalue weighted by Gasteiger charge is -2.16. The topological polar surface area (TPSA) is 59.0 Å². The van der Waals surface area contributed by atoms with E-state index in [1.807, 2.05) is 35.1 Å². The van der Waals surface area contributed by atoms with Crippen molar-refractivity contribution in [3.63, 3.8) is 0 Å². The lowest BCUT2D eigenvalue weighted by molar-refractivity contribution is 0.316. The van der Waals surface area contributed by atoms with Crippen molar-refractivity contribution in [3.8, 4) is 11.4 Å². The van der Waals surface area contributed by atoms with E-state index in [9.17, 15) is 0 Å². The summed E-state index contributed by atoms with van der Waals surface area (Å²) in [6.45, 7) is 1.63. The number of aromatic nitrogens is 4. The molecule has 26 heavy (non-hydrogen) atoms. The molecular weight excluding hydrogens is 326 g/mol. The molecule has 6 nitrogen and oxygen atoms in total. The van der Waals surface area contributed by atoms with Crippen LogP contribution in [0.25, 0.3) is 16.6 Å². The second-order valence-electron chi connectivity index (χ2n) is 6.37. The van der Waals surface area contributed by atoms with Crippen LogP contribution in [-0.4, -0.2) is 39.0 Å². The lowest BCUT2D eigenvalue weighted by atomic mass is 10.1. The molecule has 6 heteroatoms. The summed E-state index contributed by atoms with van der Waals surface area (Å²) in [5, 5.41) is 12.9. The maximum Gasteiger partial charge on any atom is 0.119 e. The number of rotatable bonds is 6. The van der Waals surface area contributed by atoms with Crippen molar-refractivity contribution < 1.29 is 4.74 Å². The zero-order valence-electron chi connectivity index (χ0n) is 14.9. The van der Waals surface area contributed by atoms with Crippen molar-refractivity contribution in [1.82, 2.24) is 24.9 Å². The Hall–Kier alpha value is -3.12. The van der Waals surface area contributed by atoms with Crippen molar-refractivity contribution in [3.05, 3.63) is 72.2 Å². The van der Waals surface area contributed by atoms with E-state index in [-0.39, 0.29) is 0 Å². The highest BCUT2D eigenvalue weighted by Crippen LogP contribution is 2.23. The average molecular weight is 347 g/mol. The number of ether oxygens (including phenoxy) is 1. The molecule has 0 saturated carbocycles. The smallest absolute Gasteiger partial charge is 0.119 e. The van der Waals surface area contributed by atoms with Gasteiger partial charge < -0.3 is 4.74 Å². The lowest BCUT2D eigenvalue weighted by Crippen LogP contribution is -2.17. The minimum absolute atomic E-state index is 0.782. The van der Waals surface area contributed by atoms with Crippen LogP contribution in [0.1, 0.15) is 11.3 Å². The van der Waals surface area contributed by atoms with Gasteiger partial charge in [0.25, 0.3) is 0 Å². The zero-order valence-corrected chi connectivity index (χ0v) is 14.9. The predicted molar refractivity (Wildman–Crippen MR) is 101 cm³/mol. The van der Waals surface area contributed by atoms with Gasteiger partial charge >= 0.3 is 0 Å². The van der Waals surface area contributed by atoms with Crippen molar-refractivity contribution in [2.24, 2.45) is 0 Å². The Bertz CT molecular complexity index is 989. The van der Waals surface area contributed by atoms with E-state index in [1.54, 1.807) is 13.3 Å². The Morgan fingerprint density at radius 1 is 1.12 bits per heavy atom. The summed E-state index contributed by atoms with van der Waals surface area (Å²) in [5.41, 5.74) is 4.37. The SMILES string of the molecule is COc1ccc2n[nH]c(CN(C)Cc3ccc(-n4cccn4)cc3)c2c1. The maximum absolute atomic E-state index is 5.33. The number of aromatic amines is 1. The van der Waals surface area contributed by atoms with Gasteiger partial charge in [0.2, 0.25) is 0 Å². The van der Waals surface area contributed by atoms with Crippen LogP contribution in [-0.2, 0) is 13.1 Å². The monoisotopic (exact) mass is 347 g/mol.